The van der Waals surface area contributed by atoms with Crippen LogP contribution in [0.4, 0.5) is 0 Å². The van der Waals surface area contributed by atoms with Gasteiger partial charge in [-0.15, -0.1) is 10.2 Å². The fraction of sp³-hybridized carbons (Fsp3) is 0.800. The third-order valence-electron chi connectivity index (χ3n) is 3.07. The lowest BCUT2D eigenvalue weighted by molar-refractivity contribution is -0.133. The second-order valence-corrected chi connectivity index (χ2v) is 8.06. The van der Waals surface area contributed by atoms with Gasteiger partial charge in [-0.1, -0.05) is 39.5 Å². The van der Waals surface area contributed by atoms with E-state index in [0.29, 0.717) is 16.5 Å². The maximum Gasteiger partial charge on any atom is 0.313 e. The molecule has 120 valence electrons. The van der Waals surface area contributed by atoms with Crippen LogP contribution in [0.3, 0.4) is 0 Å². The Labute approximate surface area is 131 Å². The Morgan fingerprint density at radius 2 is 1.90 bits per heavy atom. The fourth-order valence-electron chi connectivity index (χ4n) is 2.62. The molecule has 0 spiro atoms. The van der Waals surface area contributed by atoms with Crippen LogP contribution in [0.15, 0.2) is 5.16 Å². The highest BCUT2D eigenvalue weighted by molar-refractivity contribution is 7.99. The van der Waals surface area contributed by atoms with Crippen molar-refractivity contribution >= 4 is 17.7 Å². The van der Waals surface area contributed by atoms with Crippen molar-refractivity contribution in [2.75, 3.05) is 5.75 Å². The number of thioether (sulfide) groups is 1. The molecule has 0 aliphatic rings. The third-order valence-corrected chi connectivity index (χ3v) is 4.00. The zero-order valence-corrected chi connectivity index (χ0v) is 14.7. The van der Waals surface area contributed by atoms with Crippen LogP contribution < -0.4 is 0 Å². The maximum atomic E-state index is 10.7. The number of hydrogen-bond donors (Lipinski definition) is 1. The van der Waals surface area contributed by atoms with Crippen molar-refractivity contribution in [2.45, 2.75) is 65.6 Å². The van der Waals surface area contributed by atoms with Gasteiger partial charge in [0.25, 0.3) is 0 Å². The first kappa shape index (κ1) is 18.0. The number of aliphatic carboxylic acids is 1. The first-order valence-corrected chi connectivity index (χ1v) is 8.37. The SMILES string of the molecule is CC(Cc1nnc(SCC(=O)O)n1C(C)C)CC(C)(C)C. The predicted molar refractivity (Wildman–Crippen MR) is 85.7 cm³/mol. The zero-order chi connectivity index (χ0) is 16.2. The summed E-state index contributed by atoms with van der Waals surface area (Å²) in [6.07, 6.45) is 1.99. The topological polar surface area (TPSA) is 68.0 Å². The van der Waals surface area contributed by atoms with Crippen molar-refractivity contribution in [1.29, 1.82) is 0 Å². The van der Waals surface area contributed by atoms with Crippen LogP contribution in [-0.2, 0) is 11.2 Å². The van der Waals surface area contributed by atoms with Crippen molar-refractivity contribution in [3.8, 4) is 0 Å². The summed E-state index contributed by atoms with van der Waals surface area (Å²) in [5.41, 5.74) is 0.295. The molecule has 0 radical (unpaired) electrons. The molecule has 0 aliphatic carbocycles. The predicted octanol–water partition coefficient (Wildman–Crippen LogP) is 3.65. The van der Waals surface area contributed by atoms with Gasteiger partial charge in [0.05, 0.1) is 5.75 Å². The highest BCUT2D eigenvalue weighted by Gasteiger charge is 2.21. The fourth-order valence-corrected chi connectivity index (χ4v) is 3.43. The van der Waals surface area contributed by atoms with E-state index < -0.39 is 5.97 Å². The monoisotopic (exact) mass is 313 g/mol. The van der Waals surface area contributed by atoms with Gasteiger partial charge in [-0.25, -0.2) is 0 Å². The molecule has 1 heterocycles. The summed E-state index contributed by atoms with van der Waals surface area (Å²) >= 11 is 1.23. The van der Waals surface area contributed by atoms with Crippen molar-refractivity contribution in [1.82, 2.24) is 14.8 Å². The highest BCUT2D eigenvalue weighted by Crippen LogP contribution is 2.28. The van der Waals surface area contributed by atoms with Crippen LogP contribution in [0.5, 0.6) is 0 Å². The summed E-state index contributed by atoms with van der Waals surface area (Å²) in [4.78, 5) is 10.7. The minimum absolute atomic E-state index is 0.0163. The second kappa shape index (κ2) is 7.29. The molecule has 1 atom stereocenters. The molecule has 21 heavy (non-hydrogen) atoms. The summed E-state index contributed by atoms with van der Waals surface area (Å²) < 4.78 is 2.06. The summed E-state index contributed by atoms with van der Waals surface area (Å²) in [5, 5.41) is 18.0. The van der Waals surface area contributed by atoms with E-state index in [-0.39, 0.29) is 11.8 Å². The molecule has 0 amide bonds. The smallest absolute Gasteiger partial charge is 0.313 e. The Morgan fingerprint density at radius 3 is 2.38 bits per heavy atom. The van der Waals surface area contributed by atoms with E-state index in [1.165, 1.54) is 11.8 Å². The van der Waals surface area contributed by atoms with Crippen LogP contribution in [0, 0.1) is 11.3 Å². The normalized spacial score (nSPS) is 13.7. The number of carboxylic acid groups (broad SMARTS) is 1. The summed E-state index contributed by atoms with van der Waals surface area (Å²) in [5.74, 6) is 0.655. The molecule has 0 saturated heterocycles. The third kappa shape index (κ3) is 6.08. The summed E-state index contributed by atoms with van der Waals surface area (Å²) in [6, 6.07) is 0.230. The first-order chi connectivity index (χ1) is 9.60. The molecule has 0 aromatic carbocycles. The van der Waals surface area contributed by atoms with Crippen LogP contribution in [0.1, 0.15) is 59.8 Å². The second-order valence-electron chi connectivity index (χ2n) is 7.12. The van der Waals surface area contributed by atoms with Crippen molar-refractivity contribution in [3.63, 3.8) is 0 Å². The lowest BCUT2D eigenvalue weighted by Gasteiger charge is -2.23. The Kier molecular flexibility index (Phi) is 6.25. The molecule has 6 heteroatoms. The Bertz CT molecular complexity index is 478. The van der Waals surface area contributed by atoms with E-state index in [1.54, 1.807) is 0 Å². The molecule has 0 bridgehead atoms. The molecule has 1 aromatic rings. The van der Waals surface area contributed by atoms with Crippen molar-refractivity contribution < 1.29 is 9.90 Å². The first-order valence-electron chi connectivity index (χ1n) is 7.38. The lowest BCUT2D eigenvalue weighted by atomic mass is 9.84. The number of nitrogens with zero attached hydrogens (tertiary/aromatic N) is 3. The van der Waals surface area contributed by atoms with Crippen LogP contribution >= 0.6 is 11.8 Å². The number of carboxylic acids is 1. The number of hydrogen-bond acceptors (Lipinski definition) is 4. The molecule has 0 saturated carbocycles. The van der Waals surface area contributed by atoms with E-state index >= 15 is 0 Å². The van der Waals surface area contributed by atoms with Crippen LogP contribution in [-0.4, -0.2) is 31.6 Å². The van der Waals surface area contributed by atoms with Gasteiger partial charge in [-0.05, 0) is 31.6 Å². The van der Waals surface area contributed by atoms with Crippen LogP contribution in [0.2, 0.25) is 0 Å². The zero-order valence-electron chi connectivity index (χ0n) is 13.9. The minimum Gasteiger partial charge on any atom is -0.481 e. The van der Waals surface area contributed by atoms with Gasteiger partial charge >= 0.3 is 5.97 Å². The molecule has 1 unspecified atom stereocenters. The van der Waals surface area contributed by atoms with Gasteiger partial charge in [-0.3, -0.25) is 4.79 Å². The number of carbonyl (C=O) groups is 1. The van der Waals surface area contributed by atoms with E-state index in [9.17, 15) is 4.79 Å². The molecule has 5 nitrogen and oxygen atoms in total. The van der Waals surface area contributed by atoms with Gasteiger partial charge in [0.1, 0.15) is 5.82 Å². The Morgan fingerprint density at radius 1 is 1.29 bits per heavy atom. The van der Waals surface area contributed by atoms with E-state index in [0.717, 1.165) is 18.7 Å². The van der Waals surface area contributed by atoms with E-state index in [1.807, 2.05) is 0 Å². The highest BCUT2D eigenvalue weighted by atomic mass is 32.2. The molecule has 1 N–H and O–H groups in total. The van der Waals surface area contributed by atoms with Gasteiger partial charge in [-0.2, -0.15) is 0 Å². The Hall–Kier alpha value is -1.04. The maximum absolute atomic E-state index is 10.7. The van der Waals surface area contributed by atoms with Gasteiger partial charge in [0, 0.05) is 12.5 Å². The Balaban J connectivity index is 2.85. The van der Waals surface area contributed by atoms with Gasteiger partial charge < -0.3 is 9.67 Å². The molecule has 1 rings (SSSR count). The minimum atomic E-state index is -0.832. The standard InChI is InChI=1S/C15H27N3O2S/c1-10(2)18-12(7-11(3)8-15(4,5)6)16-17-14(18)21-9-13(19)20/h10-11H,7-9H2,1-6H3,(H,19,20). The van der Waals surface area contributed by atoms with Crippen molar-refractivity contribution in [3.05, 3.63) is 5.82 Å². The van der Waals surface area contributed by atoms with Crippen LogP contribution in [0.25, 0.3) is 0 Å². The molecule has 1 aromatic heterocycles. The lowest BCUT2D eigenvalue weighted by Crippen LogP contribution is -2.16. The molecule has 0 fully saturated rings. The summed E-state index contributed by atoms with van der Waals surface area (Å²) in [7, 11) is 0. The largest absolute Gasteiger partial charge is 0.481 e. The molecule has 0 aliphatic heterocycles. The van der Waals surface area contributed by atoms with Gasteiger partial charge in [0.15, 0.2) is 5.16 Å². The molecular formula is C15H27N3O2S. The van der Waals surface area contributed by atoms with Gasteiger partial charge in [0.2, 0.25) is 0 Å². The van der Waals surface area contributed by atoms with Crippen molar-refractivity contribution in [2.24, 2.45) is 11.3 Å². The average molecular weight is 313 g/mol. The number of aromatic nitrogens is 3. The average Bonchev–Trinajstić information content (AvgIpc) is 2.66. The van der Waals surface area contributed by atoms with E-state index in [2.05, 4.69) is 56.3 Å². The quantitative estimate of drug-likeness (QED) is 0.778. The van der Waals surface area contributed by atoms with E-state index in [4.69, 9.17) is 5.11 Å². The summed E-state index contributed by atoms with van der Waals surface area (Å²) in [6.45, 7) is 13.1. The molecular weight excluding hydrogens is 286 g/mol. The number of rotatable bonds is 7.